The van der Waals surface area contributed by atoms with Gasteiger partial charge in [-0.2, -0.15) is 0 Å². The third-order valence-electron chi connectivity index (χ3n) is 3.02. The molecule has 0 bridgehead atoms. The van der Waals surface area contributed by atoms with Gasteiger partial charge in [-0.25, -0.2) is 0 Å². The second-order valence-corrected chi connectivity index (χ2v) is 5.57. The molecule has 21 heavy (non-hydrogen) atoms. The fraction of sp³-hybridized carbons (Fsp3) is 0.353. The van der Waals surface area contributed by atoms with Crippen LogP contribution in [0.5, 0.6) is 5.75 Å². The summed E-state index contributed by atoms with van der Waals surface area (Å²) in [6.07, 6.45) is 1.84. The number of pyridine rings is 1. The molecule has 1 aromatic heterocycles. The van der Waals surface area contributed by atoms with E-state index in [1.54, 1.807) is 6.20 Å². The predicted molar refractivity (Wildman–Crippen MR) is 87.0 cm³/mol. The maximum atomic E-state index is 5.92. The first-order valence-electron chi connectivity index (χ1n) is 7.21. The molecule has 112 valence electrons. The smallest absolute Gasteiger partial charge is 0.120 e. The molecule has 1 N–H and O–H groups in total. The summed E-state index contributed by atoms with van der Waals surface area (Å²) in [5.41, 5.74) is 2.08. The Balaban J connectivity index is 2.31. The number of nitrogens with zero attached hydrogens (tertiary/aromatic N) is 1. The highest BCUT2D eigenvalue weighted by molar-refractivity contribution is 6.30. The Morgan fingerprint density at radius 3 is 2.67 bits per heavy atom. The lowest BCUT2D eigenvalue weighted by atomic mass is 10.0. The number of ether oxygens (including phenoxy) is 1. The van der Waals surface area contributed by atoms with Crippen molar-refractivity contribution in [3.8, 4) is 5.75 Å². The Kier molecular flexibility index (Phi) is 5.59. The van der Waals surface area contributed by atoms with Crippen molar-refractivity contribution in [1.82, 2.24) is 10.3 Å². The van der Waals surface area contributed by atoms with E-state index in [4.69, 9.17) is 16.3 Å². The van der Waals surface area contributed by atoms with Crippen LogP contribution in [0.25, 0.3) is 0 Å². The molecule has 0 radical (unpaired) electrons. The first-order valence-corrected chi connectivity index (χ1v) is 7.59. The van der Waals surface area contributed by atoms with Gasteiger partial charge in [0.1, 0.15) is 5.75 Å². The van der Waals surface area contributed by atoms with Gasteiger partial charge in [0, 0.05) is 6.20 Å². The summed E-state index contributed by atoms with van der Waals surface area (Å²) in [4.78, 5) is 4.43. The zero-order valence-corrected chi connectivity index (χ0v) is 13.4. The molecule has 0 saturated heterocycles. The van der Waals surface area contributed by atoms with Crippen LogP contribution in [-0.2, 0) is 0 Å². The summed E-state index contributed by atoms with van der Waals surface area (Å²) >= 11 is 5.92. The number of hydrogen-bond acceptors (Lipinski definition) is 3. The van der Waals surface area contributed by atoms with Crippen LogP contribution in [0.3, 0.4) is 0 Å². The van der Waals surface area contributed by atoms with Crippen molar-refractivity contribution in [2.24, 2.45) is 0 Å². The molecule has 2 rings (SSSR count). The second kappa shape index (κ2) is 7.43. The van der Waals surface area contributed by atoms with E-state index in [-0.39, 0.29) is 12.1 Å². The van der Waals surface area contributed by atoms with Crippen LogP contribution in [0, 0.1) is 0 Å². The van der Waals surface area contributed by atoms with Crippen LogP contribution in [0.15, 0.2) is 42.6 Å². The van der Waals surface area contributed by atoms with Gasteiger partial charge in [-0.3, -0.25) is 4.98 Å². The van der Waals surface area contributed by atoms with Crippen LogP contribution in [0.1, 0.15) is 38.1 Å². The molecule has 1 heterocycles. The second-order valence-electron chi connectivity index (χ2n) is 5.13. The van der Waals surface area contributed by atoms with Gasteiger partial charge < -0.3 is 10.1 Å². The summed E-state index contributed by atoms with van der Waals surface area (Å²) in [6, 6.07) is 12.0. The standard InChI is InChI=1S/C17H21ClN2O/c1-4-19-17(16-9-8-14(18)11-20-16)13-6-5-7-15(10-13)21-12(2)3/h5-12,17,19H,4H2,1-3H3. The van der Waals surface area contributed by atoms with E-state index in [1.165, 1.54) is 0 Å². The number of halogens is 1. The minimum Gasteiger partial charge on any atom is -0.491 e. The van der Waals surface area contributed by atoms with Crippen LogP contribution >= 0.6 is 11.6 Å². The van der Waals surface area contributed by atoms with Crippen molar-refractivity contribution >= 4 is 11.6 Å². The quantitative estimate of drug-likeness (QED) is 0.867. The monoisotopic (exact) mass is 304 g/mol. The molecule has 1 unspecified atom stereocenters. The highest BCUT2D eigenvalue weighted by atomic mass is 35.5. The highest BCUT2D eigenvalue weighted by Gasteiger charge is 2.15. The van der Waals surface area contributed by atoms with E-state index in [0.29, 0.717) is 5.02 Å². The molecule has 0 amide bonds. The molecule has 0 aliphatic heterocycles. The average molecular weight is 305 g/mol. The minimum atomic E-state index is 0.0305. The summed E-state index contributed by atoms with van der Waals surface area (Å²) in [6.45, 7) is 6.98. The summed E-state index contributed by atoms with van der Waals surface area (Å²) < 4.78 is 5.77. The van der Waals surface area contributed by atoms with E-state index in [0.717, 1.165) is 23.6 Å². The largest absolute Gasteiger partial charge is 0.491 e. The number of aromatic nitrogens is 1. The van der Waals surface area contributed by atoms with Crippen LogP contribution in [0.4, 0.5) is 0 Å². The van der Waals surface area contributed by atoms with E-state index >= 15 is 0 Å². The molecule has 0 saturated carbocycles. The lowest BCUT2D eigenvalue weighted by molar-refractivity contribution is 0.242. The number of hydrogen-bond donors (Lipinski definition) is 1. The van der Waals surface area contributed by atoms with Gasteiger partial charge in [-0.1, -0.05) is 30.7 Å². The molecule has 0 aliphatic rings. The Morgan fingerprint density at radius 1 is 1.24 bits per heavy atom. The van der Waals surface area contributed by atoms with Crippen LogP contribution < -0.4 is 10.1 Å². The van der Waals surface area contributed by atoms with Gasteiger partial charge in [0.15, 0.2) is 0 Å². The maximum Gasteiger partial charge on any atom is 0.120 e. The Hall–Kier alpha value is -1.58. The number of rotatable bonds is 6. The van der Waals surface area contributed by atoms with Crippen LogP contribution in [0.2, 0.25) is 5.02 Å². The van der Waals surface area contributed by atoms with Crippen molar-refractivity contribution < 1.29 is 4.74 Å². The SMILES string of the molecule is CCNC(c1cccc(OC(C)C)c1)c1ccc(Cl)cn1. The molecule has 2 aromatic rings. The predicted octanol–water partition coefficient (Wildman–Crippen LogP) is 4.22. The maximum absolute atomic E-state index is 5.92. The molecule has 4 heteroatoms. The molecular weight excluding hydrogens is 284 g/mol. The molecular formula is C17H21ClN2O. The molecule has 1 atom stereocenters. The molecule has 3 nitrogen and oxygen atoms in total. The van der Waals surface area contributed by atoms with E-state index in [9.17, 15) is 0 Å². The lowest BCUT2D eigenvalue weighted by Crippen LogP contribution is -2.23. The normalized spacial score (nSPS) is 12.4. The fourth-order valence-electron chi connectivity index (χ4n) is 2.19. The number of nitrogens with one attached hydrogen (secondary N) is 1. The van der Waals surface area contributed by atoms with Gasteiger partial charge >= 0.3 is 0 Å². The lowest BCUT2D eigenvalue weighted by Gasteiger charge is -2.19. The average Bonchev–Trinajstić information content (AvgIpc) is 2.45. The number of benzene rings is 1. The Labute approximate surface area is 131 Å². The first kappa shape index (κ1) is 15.8. The summed E-state index contributed by atoms with van der Waals surface area (Å²) in [5, 5.41) is 4.10. The van der Waals surface area contributed by atoms with Crippen molar-refractivity contribution in [2.45, 2.75) is 32.9 Å². The van der Waals surface area contributed by atoms with Crippen molar-refractivity contribution in [2.75, 3.05) is 6.54 Å². The van der Waals surface area contributed by atoms with E-state index in [2.05, 4.69) is 29.4 Å². The van der Waals surface area contributed by atoms with Crippen LogP contribution in [-0.4, -0.2) is 17.6 Å². The minimum absolute atomic E-state index is 0.0305. The summed E-state index contributed by atoms with van der Waals surface area (Å²) in [5.74, 6) is 0.874. The zero-order valence-electron chi connectivity index (χ0n) is 12.6. The Morgan fingerprint density at radius 2 is 2.05 bits per heavy atom. The van der Waals surface area contributed by atoms with Gasteiger partial charge in [0.25, 0.3) is 0 Å². The fourth-order valence-corrected chi connectivity index (χ4v) is 2.31. The third kappa shape index (κ3) is 4.45. The molecule has 0 spiro atoms. The highest BCUT2D eigenvalue weighted by Crippen LogP contribution is 2.25. The first-order chi connectivity index (χ1) is 10.1. The molecule has 0 aliphatic carbocycles. The van der Waals surface area contributed by atoms with Crippen molar-refractivity contribution in [1.29, 1.82) is 0 Å². The van der Waals surface area contributed by atoms with E-state index < -0.39 is 0 Å². The van der Waals surface area contributed by atoms with Gasteiger partial charge in [-0.05, 0) is 50.2 Å². The van der Waals surface area contributed by atoms with E-state index in [1.807, 2.05) is 38.1 Å². The molecule has 1 aromatic carbocycles. The molecule has 0 fully saturated rings. The van der Waals surface area contributed by atoms with Crippen molar-refractivity contribution in [3.63, 3.8) is 0 Å². The third-order valence-corrected chi connectivity index (χ3v) is 3.24. The van der Waals surface area contributed by atoms with Crippen molar-refractivity contribution in [3.05, 3.63) is 58.9 Å². The van der Waals surface area contributed by atoms with Gasteiger partial charge in [0.05, 0.1) is 22.9 Å². The van der Waals surface area contributed by atoms with Gasteiger partial charge in [0.2, 0.25) is 0 Å². The van der Waals surface area contributed by atoms with Gasteiger partial charge in [-0.15, -0.1) is 0 Å². The summed E-state index contributed by atoms with van der Waals surface area (Å²) in [7, 11) is 0. The Bertz CT molecular complexity index is 569. The zero-order chi connectivity index (χ0) is 15.2. The topological polar surface area (TPSA) is 34.1 Å².